The van der Waals surface area contributed by atoms with Gasteiger partial charge in [-0.05, 0) is 57.7 Å². The number of rotatable bonds is 2. The third kappa shape index (κ3) is 2.57. The lowest BCUT2D eigenvalue weighted by molar-refractivity contribution is 0.0696. The zero-order valence-corrected chi connectivity index (χ0v) is 11.9. The molecule has 0 bridgehead atoms. The summed E-state index contributed by atoms with van der Waals surface area (Å²) in [6, 6.07) is 10.9. The van der Waals surface area contributed by atoms with E-state index in [1.807, 2.05) is 31.2 Å². The lowest BCUT2D eigenvalue weighted by Gasteiger charge is -2.07. The fraction of sp³-hybridized carbons (Fsp3) is 0.0714. The van der Waals surface area contributed by atoms with Crippen LogP contribution < -0.4 is 0 Å². The van der Waals surface area contributed by atoms with Crippen LogP contribution in [-0.2, 0) is 0 Å². The van der Waals surface area contributed by atoms with Gasteiger partial charge < -0.3 is 5.11 Å². The SMILES string of the molecule is Cc1ccc(-c2ccc(Br)c(C(=O)O)c2)cc1Cl. The van der Waals surface area contributed by atoms with Crippen LogP contribution in [0.15, 0.2) is 40.9 Å². The minimum absolute atomic E-state index is 0.240. The largest absolute Gasteiger partial charge is 0.478 e. The molecular weight excluding hydrogens is 316 g/mol. The summed E-state index contributed by atoms with van der Waals surface area (Å²) in [6.45, 7) is 1.93. The van der Waals surface area contributed by atoms with Gasteiger partial charge in [0.1, 0.15) is 0 Å². The van der Waals surface area contributed by atoms with Gasteiger partial charge in [-0.2, -0.15) is 0 Å². The minimum Gasteiger partial charge on any atom is -0.478 e. The average Bonchev–Trinajstić information content (AvgIpc) is 2.33. The fourth-order valence-electron chi connectivity index (χ4n) is 1.64. The van der Waals surface area contributed by atoms with Crippen molar-refractivity contribution in [3.8, 4) is 11.1 Å². The Morgan fingerprint density at radius 2 is 1.78 bits per heavy atom. The van der Waals surface area contributed by atoms with Crippen molar-refractivity contribution in [3.63, 3.8) is 0 Å². The maximum Gasteiger partial charge on any atom is 0.336 e. The Kier molecular flexibility index (Phi) is 3.73. The quantitative estimate of drug-likeness (QED) is 0.863. The maximum atomic E-state index is 11.1. The molecule has 2 aromatic rings. The van der Waals surface area contributed by atoms with Crippen LogP contribution in [0, 0.1) is 6.92 Å². The number of hydrogen-bond donors (Lipinski definition) is 1. The first-order valence-electron chi connectivity index (χ1n) is 5.28. The van der Waals surface area contributed by atoms with Crippen molar-refractivity contribution < 1.29 is 9.90 Å². The molecule has 0 unspecified atom stereocenters. The average molecular weight is 326 g/mol. The smallest absolute Gasteiger partial charge is 0.336 e. The van der Waals surface area contributed by atoms with Crippen LogP contribution in [0.25, 0.3) is 11.1 Å². The fourth-order valence-corrected chi connectivity index (χ4v) is 2.24. The summed E-state index contributed by atoms with van der Waals surface area (Å²) >= 11 is 9.29. The molecule has 4 heteroatoms. The van der Waals surface area contributed by atoms with Gasteiger partial charge in [0.05, 0.1) is 5.56 Å². The molecule has 2 nitrogen and oxygen atoms in total. The Balaban J connectivity index is 2.54. The Morgan fingerprint density at radius 3 is 2.39 bits per heavy atom. The van der Waals surface area contributed by atoms with Gasteiger partial charge in [0, 0.05) is 9.50 Å². The van der Waals surface area contributed by atoms with E-state index in [1.165, 1.54) is 0 Å². The summed E-state index contributed by atoms with van der Waals surface area (Å²) in [4.78, 5) is 11.1. The monoisotopic (exact) mass is 324 g/mol. The summed E-state index contributed by atoms with van der Waals surface area (Å²) in [5.41, 5.74) is 2.97. The third-order valence-electron chi connectivity index (χ3n) is 2.70. The van der Waals surface area contributed by atoms with Crippen LogP contribution in [-0.4, -0.2) is 11.1 Å². The molecule has 0 aliphatic rings. The molecule has 0 saturated heterocycles. The summed E-state index contributed by atoms with van der Waals surface area (Å²) in [5, 5.41) is 9.75. The van der Waals surface area contributed by atoms with Gasteiger partial charge in [0.15, 0.2) is 0 Å². The van der Waals surface area contributed by atoms with Gasteiger partial charge in [0.25, 0.3) is 0 Å². The first kappa shape index (κ1) is 13.1. The van der Waals surface area contributed by atoms with E-state index in [9.17, 15) is 4.79 Å². The molecule has 2 aromatic carbocycles. The summed E-state index contributed by atoms with van der Waals surface area (Å²) in [7, 11) is 0. The van der Waals surface area contributed by atoms with E-state index in [2.05, 4.69) is 15.9 Å². The molecule has 0 atom stereocenters. The predicted octanol–water partition coefficient (Wildman–Crippen LogP) is 4.78. The standard InChI is InChI=1S/C14H10BrClO2/c1-8-2-3-10(7-13(8)16)9-4-5-12(15)11(6-9)14(17)18/h2-7H,1H3,(H,17,18). The number of hydrogen-bond acceptors (Lipinski definition) is 1. The van der Waals surface area contributed by atoms with Crippen molar-refractivity contribution in [1.29, 1.82) is 0 Å². The Hall–Kier alpha value is -1.32. The number of carboxylic acids is 1. The van der Waals surface area contributed by atoms with Crippen molar-refractivity contribution in [3.05, 3.63) is 57.0 Å². The lowest BCUT2D eigenvalue weighted by Crippen LogP contribution is -1.97. The van der Waals surface area contributed by atoms with Crippen LogP contribution in [0.2, 0.25) is 5.02 Å². The molecule has 0 aromatic heterocycles. The molecule has 0 spiro atoms. The van der Waals surface area contributed by atoms with E-state index >= 15 is 0 Å². The number of aryl methyl sites for hydroxylation is 1. The highest BCUT2D eigenvalue weighted by Gasteiger charge is 2.10. The first-order valence-corrected chi connectivity index (χ1v) is 6.45. The minimum atomic E-state index is -0.957. The summed E-state index contributed by atoms with van der Waals surface area (Å²) in [6.07, 6.45) is 0. The van der Waals surface area contributed by atoms with E-state index in [0.717, 1.165) is 16.7 Å². The Bertz CT molecular complexity index is 623. The van der Waals surface area contributed by atoms with Crippen molar-refractivity contribution in [2.24, 2.45) is 0 Å². The number of carbonyl (C=O) groups is 1. The van der Waals surface area contributed by atoms with E-state index in [0.29, 0.717) is 9.50 Å². The molecule has 0 aliphatic carbocycles. The second-order valence-electron chi connectivity index (χ2n) is 3.96. The molecule has 0 amide bonds. The molecule has 1 N–H and O–H groups in total. The van der Waals surface area contributed by atoms with E-state index in [4.69, 9.17) is 16.7 Å². The molecule has 18 heavy (non-hydrogen) atoms. The number of halogens is 2. The molecule has 0 fully saturated rings. The highest BCUT2D eigenvalue weighted by Crippen LogP contribution is 2.28. The van der Waals surface area contributed by atoms with E-state index in [1.54, 1.807) is 12.1 Å². The summed E-state index contributed by atoms with van der Waals surface area (Å²) < 4.78 is 0.567. The van der Waals surface area contributed by atoms with E-state index < -0.39 is 5.97 Å². The van der Waals surface area contributed by atoms with Gasteiger partial charge >= 0.3 is 5.97 Å². The lowest BCUT2D eigenvalue weighted by atomic mass is 10.0. The Morgan fingerprint density at radius 1 is 1.17 bits per heavy atom. The molecule has 0 radical (unpaired) electrons. The van der Waals surface area contributed by atoms with Gasteiger partial charge in [-0.1, -0.05) is 29.8 Å². The van der Waals surface area contributed by atoms with Gasteiger partial charge in [-0.3, -0.25) is 0 Å². The first-order chi connectivity index (χ1) is 8.49. The number of aromatic carboxylic acids is 1. The highest BCUT2D eigenvalue weighted by molar-refractivity contribution is 9.10. The molecule has 0 heterocycles. The molecule has 2 rings (SSSR count). The van der Waals surface area contributed by atoms with Crippen molar-refractivity contribution >= 4 is 33.5 Å². The van der Waals surface area contributed by atoms with Crippen molar-refractivity contribution in [2.45, 2.75) is 6.92 Å². The third-order valence-corrected chi connectivity index (χ3v) is 3.80. The van der Waals surface area contributed by atoms with Crippen LogP contribution in [0.4, 0.5) is 0 Å². The maximum absolute atomic E-state index is 11.1. The van der Waals surface area contributed by atoms with Crippen LogP contribution in [0.3, 0.4) is 0 Å². The normalized spacial score (nSPS) is 10.4. The second-order valence-corrected chi connectivity index (χ2v) is 5.23. The molecule has 92 valence electrons. The van der Waals surface area contributed by atoms with Gasteiger partial charge in [0.2, 0.25) is 0 Å². The van der Waals surface area contributed by atoms with Gasteiger partial charge in [-0.15, -0.1) is 0 Å². The molecular formula is C14H10BrClO2. The zero-order valence-electron chi connectivity index (χ0n) is 9.58. The topological polar surface area (TPSA) is 37.3 Å². The predicted molar refractivity (Wildman–Crippen MR) is 76.3 cm³/mol. The van der Waals surface area contributed by atoms with E-state index in [-0.39, 0.29) is 5.56 Å². The number of carboxylic acid groups (broad SMARTS) is 1. The Labute approximate surface area is 118 Å². The van der Waals surface area contributed by atoms with Crippen LogP contribution in [0.5, 0.6) is 0 Å². The van der Waals surface area contributed by atoms with Crippen molar-refractivity contribution in [2.75, 3.05) is 0 Å². The summed E-state index contributed by atoms with van der Waals surface area (Å²) in [5.74, 6) is -0.957. The zero-order chi connectivity index (χ0) is 13.3. The molecule has 0 saturated carbocycles. The van der Waals surface area contributed by atoms with Crippen LogP contribution in [0.1, 0.15) is 15.9 Å². The van der Waals surface area contributed by atoms with Gasteiger partial charge in [-0.25, -0.2) is 4.79 Å². The number of benzene rings is 2. The van der Waals surface area contributed by atoms with Crippen LogP contribution >= 0.6 is 27.5 Å². The highest BCUT2D eigenvalue weighted by atomic mass is 79.9. The molecule has 0 aliphatic heterocycles. The second kappa shape index (κ2) is 5.12. The van der Waals surface area contributed by atoms with Crippen molar-refractivity contribution in [1.82, 2.24) is 0 Å².